The van der Waals surface area contributed by atoms with E-state index in [1.807, 2.05) is 11.9 Å². The van der Waals surface area contributed by atoms with E-state index in [-0.39, 0.29) is 36.0 Å². The third-order valence-electron chi connectivity index (χ3n) is 7.70. The second kappa shape index (κ2) is 12.4. The number of aromatic nitrogens is 1. The van der Waals surface area contributed by atoms with Gasteiger partial charge >= 0.3 is 6.01 Å². The van der Waals surface area contributed by atoms with Gasteiger partial charge in [0.1, 0.15) is 11.8 Å². The van der Waals surface area contributed by atoms with Crippen LogP contribution in [0.3, 0.4) is 0 Å². The maximum absolute atomic E-state index is 13.7. The van der Waals surface area contributed by atoms with Gasteiger partial charge in [0.15, 0.2) is 5.69 Å². The van der Waals surface area contributed by atoms with Crippen LogP contribution in [-0.4, -0.2) is 91.1 Å². The lowest BCUT2D eigenvalue weighted by Crippen LogP contribution is -2.56. The molecule has 2 saturated heterocycles. The van der Waals surface area contributed by atoms with Crippen LogP contribution in [0.25, 0.3) is 0 Å². The molecule has 4 rings (SSSR count). The van der Waals surface area contributed by atoms with E-state index in [1.54, 1.807) is 0 Å². The fourth-order valence-electron chi connectivity index (χ4n) is 5.29. The zero-order valence-electron chi connectivity index (χ0n) is 21.6. The largest absolute Gasteiger partial charge is 0.431 e. The van der Waals surface area contributed by atoms with Crippen molar-refractivity contribution in [2.24, 2.45) is 22.6 Å². The van der Waals surface area contributed by atoms with Gasteiger partial charge < -0.3 is 30.0 Å². The van der Waals surface area contributed by atoms with Crippen molar-refractivity contribution in [2.45, 2.75) is 50.5 Å². The number of oxazole rings is 1. The first kappa shape index (κ1) is 26.9. The van der Waals surface area contributed by atoms with Crippen LogP contribution in [0.1, 0.15) is 55.4 Å². The number of rotatable bonds is 7. The highest BCUT2D eigenvalue weighted by molar-refractivity contribution is 5.94. The Morgan fingerprint density at radius 2 is 1.95 bits per heavy atom. The number of amides is 2. The van der Waals surface area contributed by atoms with E-state index in [0.717, 1.165) is 38.8 Å². The Kier molecular flexibility index (Phi) is 9.00. The Hall–Kier alpha value is -3.17. The van der Waals surface area contributed by atoms with Crippen LogP contribution < -0.4 is 16.4 Å². The number of nitrogens with zero attached hydrogens (tertiary/aromatic N) is 5. The Morgan fingerprint density at radius 3 is 2.57 bits per heavy atom. The fourth-order valence-corrected chi connectivity index (χ4v) is 5.29. The third kappa shape index (κ3) is 6.99. The Balaban J connectivity index is 1.54. The van der Waals surface area contributed by atoms with E-state index in [9.17, 15) is 14.9 Å². The molecule has 202 valence electrons. The minimum atomic E-state index is -0.839. The topological polar surface area (TPSA) is 162 Å². The molecule has 4 N–H and O–H groups in total. The first-order valence-electron chi connectivity index (χ1n) is 13.2. The van der Waals surface area contributed by atoms with E-state index in [1.165, 1.54) is 12.7 Å². The summed E-state index contributed by atoms with van der Waals surface area (Å²) in [7, 11) is 2.03. The van der Waals surface area contributed by atoms with Gasteiger partial charge in [0.05, 0.1) is 31.7 Å². The molecule has 0 spiro atoms. The van der Waals surface area contributed by atoms with Gasteiger partial charge in [0.25, 0.3) is 5.91 Å². The molecule has 0 bridgehead atoms. The summed E-state index contributed by atoms with van der Waals surface area (Å²) in [6, 6.07) is 2.50. The van der Waals surface area contributed by atoms with Crippen LogP contribution in [0.4, 0.5) is 6.01 Å². The van der Waals surface area contributed by atoms with Crippen LogP contribution in [0.15, 0.2) is 15.7 Å². The Bertz CT molecular complexity index is 999. The fraction of sp³-hybridized carbons (Fsp3) is 0.720. The van der Waals surface area contributed by atoms with Gasteiger partial charge in [-0.2, -0.15) is 10.2 Å². The number of piperidine rings is 1. The summed E-state index contributed by atoms with van der Waals surface area (Å²) in [5.74, 6) is -0.433. The van der Waals surface area contributed by atoms with Gasteiger partial charge in [-0.3, -0.25) is 19.9 Å². The maximum Gasteiger partial charge on any atom is 0.302 e. The highest BCUT2D eigenvalue weighted by Gasteiger charge is 2.39. The molecule has 37 heavy (non-hydrogen) atoms. The molecule has 1 aliphatic carbocycles. The van der Waals surface area contributed by atoms with Crippen LogP contribution in [-0.2, 0) is 9.53 Å². The smallest absolute Gasteiger partial charge is 0.302 e. The second-order valence-corrected chi connectivity index (χ2v) is 10.3. The summed E-state index contributed by atoms with van der Waals surface area (Å²) in [4.78, 5) is 38.3. The first-order valence-corrected chi connectivity index (χ1v) is 13.2. The van der Waals surface area contributed by atoms with Gasteiger partial charge in [-0.25, -0.2) is 0 Å². The van der Waals surface area contributed by atoms with Crippen molar-refractivity contribution in [3.63, 3.8) is 0 Å². The molecule has 1 aromatic rings. The number of nitriles is 1. The predicted octanol–water partition coefficient (Wildman–Crippen LogP) is 1.17. The van der Waals surface area contributed by atoms with Gasteiger partial charge in [0, 0.05) is 26.2 Å². The molecule has 3 heterocycles. The summed E-state index contributed by atoms with van der Waals surface area (Å²) in [6.07, 6.45) is 7.72. The second-order valence-electron chi connectivity index (χ2n) is 10.3. The van der Waals surface area contributed by atoms with Gasteiger partial charge in [-0.05, 0) is 38.6 Å². The lowest BCUT2D eigenvalue weighted by atomic mass is 9.78. The number of primary amides is 1. The monoisotopic (exact) mass is 514 g/mol. The molecule has 0 radical (unpaired) electrons. The standard InChI is InChI=1S/C25H38N8O4/c1-32-9-7-25(17-26,8-10-32)31-22(35)19(18-5-3-2-4-6-18)15-28-23(33-11-13-36-14-12-33)30-24-29-20(16-37-24)21(27)34/h16,18-19H,2-15H2,1H3,(H2,27,34)(H,31,35)(H,28,29,30). The van der Waals surface area contributed by atoms with Crippen LogP contribution in [0, 0.1) is 23.2 Å². The molecule has 12 heteroatoms. The average molecular weight is 515 g/mol. The van der Waals surface area contributed by atoms with E-state index < -0.39 is 11.4 Å². The number of anilines is 1. The number of ether oxygens (including phenoxy) is 1. The lowest BCUT2D eigenvalue weighted by Gasteiger charge is -2.38. The molecule has 3 fully saturated rings. The summed E-state index contributed by atoms with van der Waals surface area (Å²) in [5.41, 5.74) is 4.48. The lowest BCUT2D eigenvalue weighted by molar-refractivity contribution is -0.128. The van der Waals surface area contributed by atoms with E-state index in [4.69, 9.17) is 19.9 Å². The number of hydrogen-bond acceptors (Lipinski definition) is 8. The number of likely N-dealkylation sites (tertiary alicyclic amines) is 1. The van der Waals surface area contributed by atoms with Crippen LogP contribution >= 0.6 is 0 Å². The van der Waals surface area contributed by atoms with E-state index >= 15 is 0 Å². The van der Waals surface area contributed by atoms with Crippen molar-refractivity contribution in [1.29, 1.82) is 5.26 Å². The Morgan fingerprint density at radius 1 is 1.24 bits per heavy atom. The molecule has 1 saturated carbocycles. The van der Waals surface area contributed by atoms with Crippen molar-refractivity contribution in [3.05, 3.63) is 12.0 Å². The number of carbonyl (C=O) groups is 2. The summed E-state index contributed by atoms with van der Waals surface area (Å²) < 4.78 is 10.9. The van der Waals surface area contributed by atoms with Gasteiger partial charge in [-0.1, -0.05) is 19.3 Å². The van der Waals surface area contributed by atoms with Crippen LogP contribution in [0.5, 0.6) is 0 Å². The summed E-state index contributed by atoms with van der Waals surface area (Å²) in [5, 5.41) is 16.2. The summed E-state index contributed by atoms with van der Waals surface area (Å²) >= 11 is 0. The zero-order chi connectivity index (χ0) is 26.3. The number of guanidine groups is 1. The van der Waals surface area contributed by atoms with Crippen molar-refractivity contribution in [1.82, 2.24) is 20.1 Å². The number of hydrogen-bond donors (Lipinski definition) is 3. The highest BCUT2D eigenvalue weighted by atomic mass is 16.5. The quantitative estimate of drug-likeness (QED) is 0.358. The first-order chi connectivity index (χ1) is 17.9. The molecular weight excluding hydrogens is 476 g/mol. The van der Waals surface area contributed by atoms with Crippen LogP contribution in [0.2, 0.25) is 0 Å². The minimum Gasteiger partial charge on any atom is -0.431 e. The molecule has 0 aromatic carbocycles. The van der Waals surface area contributed by atoms with E-state index in [2.05, 4.69) is 26.6 Å². The van der Waals surface area contributed by atoms with E-state index in [0.29, 0.717) is 45.1 Å². The number of aliphatic imine (C=N–C) groups is 1. The van der Waals surface area contributed by atoms with Crippen molar-refractivity contribution in [2.75, 3.05) is 58.3 Å². The average Bonchev–Trinajstić information content (AvgIpc) is 3.40. The SMILES string of the molecule is CN1CCC(C#N)(NC(=O)C(CN=C(Nc2nc(C(N)=O)co2)N2CCOCC2)C2CCCCC2)CC1. The molecule has 12 nitrogen and oxygen atoms in total. The Labute approximate surface area is 217 Å². The number of nitrogens with one attached hydrogen (secondary N) is 2. The van der Waals surface area contributed by atoms with Crippen molar-refractivity contribution < 1.29 is 18.7 Å². The molecule has 1 aromatic heterocycles. The predicted molar refractivity (Wildman–Crippen MR) is 137 cm³/mol. The van der Waals surface area contributed by atoms with Gasteiger partial charge in [0.2, 0.25) is 11.9 Å². The summed E-state index contributed by atoms with van der Waals surface area (Å²) in [6.45, 7) is 4.13. The zero-order valence-corrected chi connectivity index (χ0v) is 21.6. The molecular formula is C25H38N8O4. The maximum atomic E-state index is 13.7. The minimum absolute atomic E-state index is 0.0169. The van der Waals surface area contributed by atoms with Gasteiger partial charge in [-0.15, -0.1) is 0 Å². The number of nitrogens with two attached hydrogens (primary N) is 1. The molecule has 2 amide bonds. The van der Waals surface area contributed by atoms with Crippen molar-refractivity contribution in [3.8, 4) is 6.07 Å². The highest BCUT2D eigenvalue weighted by Crippen LogP contribution is 2.32. The molecule has 3 aliphatic rings. The third-order valence-corrected chi connectivity index (χ3v) is 7.70. The molecule has 1 atom stereocenters. The number of carbonyl (C=O) groups excluding carboxylic acids is 2. The number of morpholine rings is 1. The van der Waals surface area contributed by atoms with Crippen molar-refractivity contribution >= 4 is 23.8 Å². The molecule has 1 unspecified atom stereocenters. The normalized spacial score (nSPS) is 22.2. The molecule has 2 aliphatic heterocycles.